The van der Waals surface area contributed by atoms with Crippen molar-refractivity contribution in [3.63, 3.8) is 0 Å². The smallest absolute Gasteiger partial charge is 0.225 e. The van der Waals surface area contributed by atoms with Crippen molar-refractivity contribution in [2.24, 2.45) is 10.9 Å². The van der Waals surface area contributed by atoms with Crippen LogP contribution in [0, 0.1) is 5.92 Å². The number of likely N-dealkylation sites (tertiary alicyclic amines) is 1. The standard InChI is InChI=1S/C15H26N4O/c1-3-9-17-15(16-2)18-13-8-10-19(11-13)14(20)12-6-4-5-7-12/h3,12-13H,1,4-11H2,2H3,(H2,16,17,18). The predicted molar refractivity (Wildman–Crippen MR) is 81.6 cm³/mol. The van der Waals surface area contributed by atoms with Crippen LogP contribution in [0.4, 0.5) is 0 Å². The molecule has 0 spiro atoms. The largest absolute Gasteiger partial charge is 0.353 e. The van der Waals surface area contributed by atoms with Gasteiger partial charge in [-0.25, -0.2) is 0 Å². The molecule has 0 aromatic rings. The molecule has 1 unspecified atom stereocenters. The van der Waals surface area contributed by atoms with Gasteiger partial charge in [-0.3, -0.25) is 9.79 Å². The van der Waals surface area contributed by atoms with Crippen LogP contribution in [0.3, 0.4) is 0 Å². The van der Waals surface area contributed by atoms with Gasteiger partial charge >= 0.3 is 0 Å². The lowest BCUT2D eigenvalue weighted by Gasteiger charge is -2.21. The first kappa shape index (κ1) is 14.9. The zero-order valence-corrected chi connectivity index (χ0v) is 12.4. The Hall–Kier alpha value is -1.52. The summed E-state index contributed by atoms with van der Waals surface area (Å²) in [5, 5.41) is 6.54. The number of carbonyl (C=O) groups is 1. The number of nitrogens with zero attached hydrogens (tertiary/aromatic N) is 2. The summed E-state index contributed by atoms with van der Waals surface area (Å²) >= 11 is 0. The lowest BCUT2D eigenvalue weighted by atomic mass is 10.1. The van der Waals surface area contributed by atoms with Gasteiger partial charge in [-0.1, -0.05) is 18.9 Å². The summed E-state index contributed by atoms with van der Waals surface area (Å²) in [5.41, 5.74) is 0. The molecule has 1 atom stereocenters. The molecule has 112 valence electrons. The number of guanidine groups is 1. The number of amides is 1. The SMILES string of the molecule is C=CCNC(=NC)NC1CCN(C(=O)C2CCCC2)C1. The van der Waals surface area contributed by atoms with Crippen LogP contribution in [0.1, 0.15) is 32.1 Å². The molecule has 0 aromatic carbocycles. The van der Waals surface area contributed by atoms with Crippen molar-refractivity contribution < 1.29 is 4.79 Å². The molecular formula is C15H26N4O. The quantitative estimate of drug-likeness (QED) is 0.460. The zero-order valence-electron chi connectivity index (χ0n) is 12.4. The molecule has 1 aliphatic carbocycles. The fourth-order valence-corrected chi connectivity index (χ4v) is 3.07. The van der Waals surface area contributed by atoms with Gasteiger partial charge in [0, 0.05) is 38.6 Å². The van der Waals surface area contributed by atoms with Crippen molar-refractivity contribution in [2.45, 2.75) is 38.1 Å². The van der Waals surface area contributed by atoms with Crippen molar-refractivity contribution >= 4 is 11.9 Å². The molecule has 1 saturated heterocycles. The van der Waals surface area contributed by atoms with Gasteiger partial charge in [0.05, 0.1) is 0 Å². The molecule has 0 bridgehead atoms. The Bertz CT molecular complexity index is 374. The van der Waals surface area contributed by atoms with E-state index < -0.39 is 0 Å². The van der Waals surface area contributed by atoms with Gasteiger partial charge in [-0.15, -0.1) is 6.58 Å². The molecular weight excluding hydrogens is 252 g/mol. The average Bonchev–Trinajstić information content (AvgIpc) is 3.13. The van der Waals surface area contributed by atoms with E-state index in [4.69, 9.17) is 0 Å². The zero-order chi connectivity index (χ0) is 14.4. The van der Waals surface area contributed by atoms with Gasteiger partial charge in [0.15, 0.2) is 5.96 Å². The van der Waals surface area contributed by atoms with E-state index in [2.05, 4.69) is 22.2 Å². The molecule has 1 amide bonds. The maximum Gasteiger partial charge on any atom is 0.225 e. The minimum atomic E-state index is 0.284. The fourth-order valence-electron chi connectivity index (χ4n) is 3.07. The molecule has 5 nitrogen and oxygen atoms in total. The Morgan fingerprint density at radius 1 is 1.40 bits per heavy atom. The molecule has 2 fully saturated rings. The summed E-state index contributed by atoms with van der Waals surface area (Å²) in [7, 11) is 1.76. The first-order chi connectivity index (χ1) is 9.74. The van der Waals surface area contributed by atoms with Crippen LogP contribution in [-0.4, -0.2) is 49.5 Å². The topological polar surface area (TPSA) is 56.7 Å². The second-order valence-corrected chi connectivity index (χ2v) is 5.64. The normalized spacial score (nSPS) is 23.9. The lowest BCUT2D eigenvalue weighted by molar-refractivity contribution is -0.134. The molecule has 1 heterocycles. The van der Waals surface area contributed by atoms with Gasteiger partial charge in [0.25, 0.3) is 0 Å². The highest BCUT2D eigenvalue weighted by atomic mass is 16.2. The van der Waals surface area contributed by atoms with Gasteiger partial charge in [-0.05, 0) is 19.3 Å². The van der Waals surface area contributed by atoms with Crippen molar-refractivity contribution in [1.82, 2.24) is 15.5 Å². The maximum absolute atomic E-state index is 12.4. The second-order valence-electron chi connectivity index (χ2n) is 5.64. The number of hydrogen-bond donors (Lipinski definition) is 2. The summed E-state index contributed by atoms with van der Waals surface area (Å²) in [6.07, 6.45) is 7.38. The van der Waals surface area contributed by atoms with E-state index in [0.29, 0.717) is 18.5 Å². The van der Waals surface area contributed by atoms with Crippen LogP contribution >= 0.6 is 0 Å². The van der Waals surface area contributed by atoms with Crippen LogP contribution < -0.4 is 10.6 Å². The van der Waals surface area contributed by atoms with Gasteiger partial charge < -0.3 is 15.5 Å². The number of aliphatic imine (C=N–C) groups is 1. The summed E-state index contributed by atoms with van der Waals surface area (Å²) in [6, 6.07) is 0.302. The molecule has 2 aliphatic rings. The molecule has 0 aromatic heterocycles. The molecule has 0 radical (unpaired) electrons. The van der Waals surface area contributed by atoms with Gasteiger partial charge in [0.2, 0.25) is 5.91 Å². The third-order valence-corrected chi connectivity index (χ3v) is 4.18. The van der Waals surface area contributed by atoms with E-state index in [0.717, 1.165) is 38.3 Å². The molecule has 20 heavy (non-hydrogen) atoms. The lowest BCUT2D eigenvalue weighted by Crippen LogP contribution is -2.45. The molecule has 1 aliphatic heterocycles. The summed E-state index contributed by atoms with van der Waals surface area (Å²) < 4.78 is 0. The van der Waals surface area contributed by atoms with Crippen molar-refractivity contribution in [3.05, 3.63) is 12.7 Å². The van der Waals surface area contributed by atoms with E-state index >= 15 is 0 Å². The molecule has 5 heteroatoms. The Labute approximate surface area is 121 Å². The fraction of sp³-hybridized carbons (Fsp3) is 0.733. The summed E-state index contributed by atoms with van der Waals surface area (Å²) in [5.74, 6) is 1.43. The average molecular weight is 278 g/mol. The van der Waals surface area contributed by atoms with Crippen molar-refractivity contribution in [3.8, 4) is 0 Å². The predicted octanol–water partition coefficient (Wildman–Crippen LogP) is 1.13. The van der Waals surface area contributed by atoms with Crippen molar-refractivity contribution in [2.75, 3.05) is 26.7 Å². The highest BCUT2D eigenvalue weighted by molar-refractivity contribution is 5.81. The minimum absolute atomic E-state index is 0.284. The Balaban J connectivity index is 1.79. The Morgan fingerprint density at radius 3 is 2.80 bits per heavy atom. The number of hydrogen-bond acceptors (Lipinski definition) is 2. The van der Waals surface area contributed by atoms with Crippen LogP contribution in [-0.2, 0) is 4.79 Å². The Kier molecular flexibility index (Phi) is 5.44. The first-order valence-corrected chi connectivity index (χ1v) is 7.61. The summed E-state index contributed by atoms with van der Waals surface area (Å²) in [4.78, 5) is 18.6. The van der Waals surface area contributed by atoms with Gasteiger partial charge in [0.1, 0.15) is 0 Å². The second kappa shape index (κ2) is 7.31. The monoisotopic (exact) mass is 278 g/mol. The number of rotatable bonds is 4. The van der Waals surface area contributed by atoms with E-state index in [1.54, 1.807) is 13.1 Å². The Morgan fingerprint density at radius 2 is 2.15 bits per heavy atom. The number of carbonyl (C=O) groups excluding carboxylic acids is 1. The highest BCUT2D eigenvalue weighted by Crippen LogP contribution is 2.27. The van der Waals surface area contributed by atoms with Crippen LogP contribution in [0.15, 0.2) is 17.6 Å². The third kappa shape index (κ3) is 3.74. The van der Waals surface area contributed by atoms with E-state index in [9.17, 15) is 4.79 Å². The van der Waals surface area contributed by atoms with E-state index in [-0.39, 0.29) is 5.92 Å². The maximum atomic E-state index is 12.4. The first-order valence-electron chi connectivity index (χ1n) is 7.61. The third-order valence-electron chi connectivity index (χ3n) is 4.18. The van der Waals surface area contributed by atoms with Crippen LogP contribution in [0.5, 0.6) is 0 Å². The molecule has 2 N–H and O–H groups in total. The molecule has 1 saturated carbocycles. The number of nitrogens with one attached hydrogen (secondary N) is 2. The highest BCUT2D eigenvalue weighted by Gasteiger charge is 2.32. The summed E-state index contributed by atoms with van der Waals surface area (Å²) in [6.45, 7) is 6.03. The van der Waals surface area contributed by atoms with Crippen molar-refractivity contribution in [1.29, 1.82) is 0 Å². The van der Waals surface area contributed by atoms with Gasteiger partial charge in [-0.2, -0.15) is 0 Å². The van der Waals surface area contributed by atoms with E-state index in [1.165, 1.54) is 12.8 Å². The van der Waals surface area contributed by atoms with Crippen LogP contribution in [0.25, 0.3) is 0 Å². The van der Waals surface area contributed by atoms with Crippen LogP contribution in [0.2, 0.25) is 0 Å². The minimum Gasteiger partial charge on any atom is -0.353 e. The molecule has 2 rings (SSSR count). The van der Waals surface area contributed by atoms with E-state index in [1.807, 2.05) is 4.90 Å².